The Morgan fingerprint density at radius 1 is 0.923 bits per heavy atom. The molecule has 2 amide bonds. The highest BCUT2D eigenvalue weighted by molar-refractivity contribution is 6.17. The average molecular weight is 523 g/mol. The van der Waals surface area contributed by atoms with Crippen molar-refractivity contribution in [3.63, 3.8) is 0 Å². The Kier molecular flexibility index (Phi) is 5.92. The van der Waals surface area contributed by atoms with Gasteiger partial charge in [0.15, 0.2) is 11.0 Å². The minimum atomic E-state index is -1.62. The van der Waals surface area contributed by atoms with E-state index in [2.05, 4.69) is 0 Å². The summed E-state index contributed by atoms with van der Waals surface area (Å²) in [7, 11) is 1.60. The van der Waals surface area contributed by atoms with Crippen LogP contribution in [0.1, 0.15) is 50.4 Å². The first kappa shape index (κ1) is 25.1. The van der Waals surface area contributed by atoms with Gasteiger partial charge in [-0.3, -0.25) is 14.4 Å². The molecule has 0 radical (unpaired) electrons. The van der Waals surface area contributed by atoms with E-state index in [0.29, 0.717) is 41.8 Å². The van der Waals surface area contributed by atoms with Crippen molar-refractivity contribution in [2.45, 2.75) is 39.3 Å². The first-order valence-electron chi connectivity index (χ1n) is 13.2. The Morgan fingerprint density at radius 2 is 1.64 bits per heavy atom. The van der Waals surface area contributed by atoms with E-state index in [1.54, 1.807) is 24.1 Å². The number of para-hydroxylation sites is 1. The van der Waals surface area contributed by atoms with Crippen LogP contribution >= 0.6 is 0 Å². The van der Waals surface area contributed by atoms with E-state index in [9.17, 15) is 14.4 Å². The molecule has 0 saturated heterocycles. The second-order valence-corrected chi connectivity index (χ2v) is 10.5. The molecule has 1 aromatic heterocycles. The van der Waals surface area contributed by atoms with Crippen LogP contribution in [-0.2, 0) is 21.6 Å². The number of benzene rings is 3. The number of hydrogen-bond donors (Lipinski definition) is 0. The molecule has 6 rings (SSSR count). The van der Waals surface area contributed by atoms with Gasteiger partial charge >= 0.3 is 0 Å². The van der Waals surface area contributed by atoms with Gasteiger partial charge in [-0.05, 0) is 62.1 Å². The quantitative estimate of drug-likeness (QED) is 0.333. The van der Waals surface area contributed by atoms with Crippen molar-refractivity contribution in [1.82, 2.24) is 4.90 Å². The van der Waals surface area contributed by atoms with E-state index in [-0.39, 0.29) is 29.2 Å². The molecular formula is C32H30N2O5. The smallest absolute Gasteiger partial charge is 0.291 e. The Balaban J connectivity index is 1.62. The molecule has 1 unspecified atom stereocenters. The lowest BCUT2D eigenvalue weighted by molar-refractivity contribution is -0.126. The topological polar surface area (TPSA) is 80.1 Å². The van der Waals surface area contributed by atoms with Crippen LogP contribution in [-0.4, -0.2) is 37.0 Å². The highest BCUT2D eigenvalue weighted by atomic mass is 16.5. The minimum Gasteiger partial charge on any atom is -0.450 e. The third-order valence-electron chi connectivity index (χ3n) is 8.04. The molecule has 2 aliphatic rings. The second-order valence-electron chi connectivity index (χ2n) is 10.5. The molecule has 4 aromatic rings. The van der Waals surface area contributed by atoms with Crippen molar-refractivity contribution in [2.75, 3.05) is 25.2 Å². The fourth-order valence-corrected chi connectivity index (χ4v) is 5.95. The van der Waals surface area contributed by atoms with Crippen LogP contribution < -0.4 is 10.3 Å². The maximum Gasteiger partial charge on any atom is 0.291 e. The van der Waals surface area contributed by atoms with Gasteiger partial charge in [0, 0.05) is 25.8 Å². The van der Waals surface area contributed by atoms with Crippen molar-refractivity contribution in [2.24, 2.45) is 0 Å². The van der Waals surface area contributed by atoms with Crippen molar-refractivity contribution in [1.29, 1.82) is 0 Å². The van der Waals surface area contributed by atoms with Crippen molar-refractivity contribution >= 4 is 28.5 Å². The maximum absolute atomic E-state index is 14.7. The Labute approximate surface area is 226 Å². The molecule has 7 heteroatoms. The van der Waals surface area contributed by atoms with E-state index < -0.39 is 11.4 Å². The van der Waals surface area contributed by atoms with Gasteiger partial charge in [-0.1, -0.05) is 48.0 Å². The molecule has 0 fully saturated rings. The lowest BCUT2D eigenvalue weighted by atomic mass is 9.83. The number of anilines is 1. The molecule has 0 saturated carbocycles. The van der Waals surface area contributed by atoms with Crippen LogP contribution in [0.2, 0.25) is 0 Å². The monoisotopic (exact) mass is 522 g/mol. The van der Waals surface area contributed by atoms with Crippen molar-refractivity contribution in [3.05, 3.63) is 110 Å². The van der Waals surface area contributed by atoms with Gasteiger partial charge in [-0.2, -0.15) is 0 Å². The Hall–Kier alpha value is -4.23. The van der Waals surface area contributed by atoms with Gasteiger partial charge in [0.1, 0.15) is 5.58 Å². The number of amides is 2. The number of ether oxygens (including phenoxy) is 1. The summed E-state index contributed by atoms with van der Waals surface area (Å²) in [5.74, 6) is -0.851. The SMILES string of the molecule is COCCCN1C(=O)c2oc3cc(C)c(C)cc3c(=O)c2C12C(=O)N(Cc1ccc(C)cc1)c1ccccc12. The third-order valence-corrected chi connectivity index (χ3v) is 8.04. The summed E-state index contributed by atoms with van der Waals surface area (Å²) in [5, 5.41) is 0.366. The molecule has 1 spiro atoms. The van der Waals surface area contributed by atoms with Crippen LogP contribution in [0.4, 0.5) is 5.69 Å². The highest BCUT2D eigenvalue weighted by Crippen LogP contribution is 2.53. The van der Waals surface area contributed by atoms with Crippen LogP contribution in [0.3, 0.4) is 0 Å². The van der Waals surface area contributed by atoms with E-state index in [1.165, 1.54) is 4.90 Å². The standard InChI is InChI=1S/C32H30N2O5/c1-19-10-12-22(13-11-19)18-33-25-9-6-5-8-24(25)32(31(33)37)27-28(35)23-16-20(2)21(3)17-26(23)39-29(27)30(36)34(32)14-7-15-38-4/h5-6,8-13,16-17H,7,14-15,18H2,1-4H3. The molecule has 2 aliphatic heterocycles. The Bertz CT molecular complexity index is 1700. The maximum atomic E-state index is 14.7. The van der Waals surface area contributed by atoms with Gasteiger partial charge in [0.2, 0.25) is 5.76 Å². The lowest BCUT2D eigenvalue weighted by Gasteiger charge is -2.34. The molecule has 3 aromatic carbocycles. The Morgan fingerprint density at radius 3 is 2.38 bits per heavy atom. The van der Waals surface area contributed by atoms with Crippen LogP contribution in [0.5, 0.6) is 0 Å². The fourth-order valence-electron chi connectivity index (χ4n) is 5.95. The molecule has 39 heavy (non-hydrogen) atoms. The zero-order chi connectivity index (χ0) is 27.5. The van der Waals surface area contributed by atoms with Crippen LogP contribution in [0.25, 0.3) is 11.0 Å². The third kappa shape index (κ3) is 3.57. The van der Waals surface area contributed by atoms with Crippen LogP contribution in [0, 0.1) is 20.8 Å². The van der Waals surface area contributed by atoms with Crippen molar-refractivity contribution < 1.29 is 18.7 Å². The molecule has 1 atom stereocenters. The summed E-state index contributed by atoms with van der Waals surface area (Å²) in [4.78, 5) is 46.3. The van der Waals surface area contributed by atoms with E-state index >= 15 is 0 Å². The number of rotatable bonds is 6. The summed E-state index contributed by atoms with van der Waals surface area (Å²) in [6, 6.07) is 19.0. The fraction of sp³-hybridized carbons (Fsp3) is 0.281. The number of aryl methyl sites for hydroxylation is 3. The van der Waals surface area contributed by atoms with Crippen LogP contribution in [0.15, 0.2) is 69.9 Å². The number of hydrogen-bond acceptors (Lipinski definition) is 5. The van der Waals surface area contributed by atoms with Gasteiger partial charge in [-0.25, -0.2) is 0 Å². The minimum absolute atomic E-state index is 0.0616. The molecule has 0 N–H and O–H groups in total. The number of fused-ring (bicyclic) bond motifs is 5. The van der Waals surface area contributed by atoms with Gasteiger partial charge in [-0.15, -0.1) is 0 Å². The van der Waals surface area contributed by atoms with Gasteiger partial charge in [0.25, 0.3) is 11.8 Å². The molecule has 3 heterocycles. The van der Waals surface area contributed by atoms with Crippen molar-refractivity contribution in [3.8, 4) is 0 Å². The summed E-state index contributed by atoms with van der Waals surface area (Å²) in [5.41, 5.74) is 3.74. The lowest BCUT2D eigenvalue weighted by Crippen LogP contribution is -2.53. The highest BCUT2D eigenvalue weighted by Gasteiger charge is 2.64. The number of nitrogens with zero attached hydrogens (tertiary/aromatic N) is 2. The zero-order valence-corrected chi connectivity index (χ0v) is 22.5. The summed E-state index contributed by atoms with van der Waals surface area (Å²) < 4.78 is 11.5. The van der Waals surface area contributed by atoms with Gasteiger partial charge < -0.3 is 19.0 Å². The first-order chi connectivity index (χ1) is 18.8. The molecular weight excluding hydrogens is 492 g/mol. The largest absolute Gasteiger partial charge is 0.450 e. The number of carbonyl (C=O) groups excluding carboxylic acids is 2. The number of methoxy groups -OCH3 is 1. The average Bonchev–Trinajstić information content (AvgIpc) is 3.31. The second kappa shape index (κ2) is 9.20. The molecule has 0 bridgehead atoms. The van der Waals surface area contributed by atoms with E-state index in [4.69, 9.17) is 9.15 Å². The van der Waals surface area contributed by atoms with E-state index in [1.807, 2.05) is 69.3 Å². The first-order valence-corrected chi connectivity index (χ1v) is 13.2. The summed E-state index contributed by atoms with van der Waals surface area (Å²) >= 11 is 0. The summed E-state index contributed by atoms with van der Waals surface area (Å²) in [6.07, 6.45) is 0.497. The normalized spacial score (nSPS) is 17.9. The molecule has 198 valence electrons. The zero-order valence-electron chi connectivity index (χ0n) is 22.5. The molecule has 7 nitrogen and oxygen atoms in total. The summed E-state index contributed by atoms with van der Waals surface area (Å²) in [6.45, 7) is 6.82. The number of carbonyl (C=O) groups is 2. The van der Waals surface area contributed by atoms with E-state index in [0.717, 1.165) is 22.3 Å². The predicted octanol–water partition coefficient (Wildman–Crippen LogP) is 5.00. The molecule has 0 aliphatic carbocycles. The van der Waals surface area contributed by atoms with Gasteiger partial charge in [0.05, 0.1) is 23.2 Å². The predicted molar refractivity (Wildman–Crippen MR) is 149 cm³/mol.